The lowest BCUT2D eigenvalue weighted by atomic mass is 9.98. The summed E-state index contributed by atoms with van der Waals surface area (Å²) in [5.74, 6) is 1.97. The van der Waals surface area contributed by atoms with Crippen molar-refractivity contribution in [3.05, 3.63) is 48.8 Å². The van der Waals surface area contributed by atoms with Gasteiger partial charge in [-0.2, -0.15) is 0 Å². The summed E-state index contributed by atoms with van der Waals surface area (Å²) in [5, 5.41) is 9.54. The van der Waals surface area contributed by atoms with Crippen LogP contribution < -0.4 is 4.74 Å². The molecule has 0 bridgehead atoms. The van der Waals surface area contributed by atoms with Crippen LogP contribution in [0, 0.1) is 0 Å². The maximum Gasteiger partial charge on any atom is 0.233 e. The summed E-state index contributed by atoms with van der Waals surface area (Å²) in [5.41, 5.74) is 1.82. The van der Waals surface area contributed by atoms with E-state index in [1.54, 1.807) is 19.5 Å². The van der Waals surface area contributed by atoms with E-state index in [0.29, 0.717) is 16.7 Å². The van der Waals surface area contributed by atoms with Crippen molar-refractivity contribution in [3.8, 4) is 22.8 Å². The standard InChI is InChI=1S/C23H27N5O2S/c1-16-5-4-6-17(2)27(16)21(29)15-31-23-26-25-22(18-11-13-24-14-12-18)28(23)19-7-9-20(30-3)10-8-19/h7-14,16-17H,4-6,15H2,1-3H3. The SMILES string of the molecule is COc1ccc(-n2c(SCC(=O)N3C(C)CCCC3C)nnc2-c2ccncc2)cc1. The van der Waals surface area contributed by atoms with Crippen LogP contribution in [-0.4, -0.2) is 55.5 Å². The van der Waals surface area contributed by atoms with E-state index in [2.05, 4.69) is 29.0 Å². The molecule has 1 amide bonds. The van der Waals surface area contributed by atoms with Crippen LogP contribution in [0.2, 0.25) is 0 Å². The lowest BCUT2D eigenvalue weighted by Gasteiger charge is -2.39. The van der Waals surface area contributed by atoms with Crippen LogP contribution in [0.1, 0.15) is 33.1 Å². The zero-order chi connectivity index (χ0) is 21.8. The van der Waals surface area contributed by atoms with Crippen LogP contribution in [0.5, 0.6) is 5.75 Å². The Morgan fingerprint density at radius 1 is 1.06 bits per heavy atom. The molecule has 1 saturated heterocycles. The van der Waals surface area contributed by atoms with Gasteiger partial charge in [0.05, 0.1) is 12.9 Å². The van der Waals surface area contributed by atoms with E-state index in [9.17, 15) is 4.79 Å². The third-order valence-electron chi connectivity index (χ3n) is 5.71. The molecule has 1 aromatic carbocycles. The van der Waals surface area contributed by atoms with Gasteiger partial charge in [0.25, 0.3) is 0 Å². The van der Waals surface area contributed by atoms with Crippen LogP contribution in [0.3, 0.4) is 0 Å². The first-order chi connectivity index (χ1) is 15.1. The number of hydrogen-bond acceptors (Lipinski definition) is 6. The van der Waals surface area contributed by atoms with Gasteiger partial charge in [-0.05, 0) is 69.5 Å². The molecular formula is C23H27N5O2S. The Balaban J connectivity index is 1.63. The average molecular weight is 438 g/mol. The molecular weight excluding hydrogens is 410 g/mol. The lowest BCUT2D eigenvalue weighted by molar-refractivity contribution is -0.134. The first-order valence-corrected chi connectivity index (χ1v) is 11.5. The van der Waals surface area contributed by atoms with Crippen molar-refractivity contribution in [2.24, 2.45) is 0 Å². The Bertz CT molecular complexity index is 1010. The second-order valence-electron chi connectivity index (χ2n) is 7.79. The molecule has 162 valence electrons. The molecule has 0 N–H and O–H groups in total. The quantitative estimate of drug-likeness (QED) is 0.538. The van der Waals surface area contributed by atoms with Gasteiger partial charge in [0.1, 0.15) is 5.75 Å². The van der Waals surface area contributed by atoms with Crippen molar-refractivity contribution in [1.29, 1.82) is 0 Å². The molecule has 0 saturated carbocycles. The zero-order valence-corrected chi connectivity index (χ0v) is 18.9. The van der Waals surface area contributed by atoms with Gasteiger partial charge in [0.2, 0.25) is 5.91 Å². The lowest BCUT2D eigenvalue weighted by Crippen LogP contribution is -2.48. The van der Waals surface area contributed by atoms with Gasteiger partial charge in [0, 0.05) is 35.7 Å². The summed E-state index contributed by atoms with van der Waals surface area (Å²) in [6.07, 6.45) is 6.78. The number of methoxy groups -OCH3 is 1. The van der Waals surface area contributed by atoms with Crippen LogP contribution in [-0.2, 0) is 4.79 Å². The predicted octanol–water partition coefficient (Wildman–Crippen LogP) is 4.22. The number of aromatic nitrogens is 4. The van der Waals surface area contributed by atoms with Crippen molar-refractivity contribution in [2.45, 2.75) is 50.4 Å². The molecule has 2 unspecified atom stereocenters. The average Bonchev–Trinajstić information content (AvgIpc) is 3.22. The normalized spacial score (nSPS) is 18.7. The number of hydrogen-bond donors (Lipinski definition) is 0. The molecule has 4 rings (SSSR count). The smallest absolute Gasteiger partial charge is 0.233 e. The van der Waals surface area contributed by atoms with E-state index in [1.807, 2.05) is 45.9 Å². The second kappa shape index (κ2) is 9.51. The number of piperidine rings is 1. The summed E-state index contributed by atoms with van der Waals surface area (Å²) < 4.78 is 7.28. The minimum absolute atomic E-state index is 0.152. The highest BCUT2D eigenvalue weighted by Gasteiger charge is 2.29. The topological polar surface area (TPSA) is 73.1 Å². The fourth-order valence-electron chi connectivity index (χ4n) is 4.13. The number of pyridine rings is 1. The minimum Gasteiger partial charge on any atom is -0.497 e. The van der Waals surface area contributed by atoms with Gasteiger partial charge in [-0.15, -0.1) is 10.2 Å². The molecule has 2 aromatic heterocycles. The summed E-state index contributed by atoms with van der Waals surface area (Å²) >= 11 is 1.42. The van der Waals surface area contributed by atoms with E-state index >= 15 is 0 Å². The predicted molar refractivity (Wildman–Crippen MR) is 121 cm³/mol. The van der Waals surface area contributed by atoms with E-state index in [1.165, 1.54) is 18.2 Å². The summed E-state index contributed by atoms with van der Waals surface area (Å²) in [6.45, 7) is 4.28. The van der Waals surface area contributed by atoms with Gasteiger partial charge in [0.15, 0.2) is 11.0 Å². The van der Waals surface area contributed by atoms with Crippen molar-refractivity contribution < 1.29 is 9.53 Å². The van der Waals surface area contributed by atoms with E-state index in [4.69, 9.17) is 4.74 Å². The number of carbonyl (C=O) groups excluding carboxylic acids is 1. The summed E-state index contributed by atoms with van der Waals surface area (Å²) in [6, 6.07) is 12.1. The highest BCUT2D eigenvalue weighted by molar-refractivity contribution is 7.99. The number of carbonyl (C=O) groups is 1. The third-order valence-corrected chi connectivity index (χ3v) is 6.62. The van der Waals surface area contributed by atoms with Crippen molar-refractivity contribution >= 4 is 17.7 Å². The Hall–Kier alpha value is -2.87. The summed E-state index contributed by atoms with van der Waals surface area (Å²) in [7, 11) is 1.64. The van der Waals surface area contributed by atoms with E-state index < -0.39 is 0 Å². The van der Waals surface area contributed by atoms with Crippen LogP contribution in [0.4, 0.5) is 0 Å². The molecule has 0 radical (unpaired) electrons. The molecule has 1 aliphatic rings. The van der Waals surface area contributed by atoms with Gasteiger partial charge >= 0.3 is 0 Å². The fraction of sp³-hybridized carbons (Fsp3) is 0.391. The number of thioether (sulfide) groups is 1. The second-order valence-corrected chi connectivity index (χ2v) is 8.74. The zero-order valence-electron chi connectivity index (χ0n) is 18.1. The number of likely N-dealkylation sites (tertiary alicyclic amines) is 1. The maximum absolute atomic E-state index is 13.0. The van der Waals surface area contributed by atoms with Gasteiger partial charge < -0.3 is 9.64 Å². The monoisotopic (exact) mass is 437 g/mol. The van der Waals surface area contributed by atoms with Crippen molar-refractivity contribution in [2.75, 3.05) is 12.9 Å². The molecule has 3 aromatic rings. The van der Waals surface area contributed by atoms with Crippen LogP contribution in [0.25, 0.3) is 17.1 Å². The molecule has 0 spiro atoms. The Labute approximate surface area is 186 Å². The molecule has 2 atom stereocenters. The maximum atomic E-state index is 13.0. The number of benzene rings is 1. The molecule has 7 nitrogen and oxygen atoms in total. The van der Waals surface area contributed by atoms with Crippen molar-refractivity contribution in [1.82, 2.24) is 24.6 Å². The summed E-state index contributed by atoms with van der Waals surface area (Å²) in [4.78, 5) is 19.2. The Morgan fingerprint density at radius 2 is 1.74 bits per heavy atom. The molecule has 1 aliphatic heterocycles. The minimum atomic E-state index is 0.152. The molecule has 31 heavy (non-hydrogen) atoms. The largest absolute Gasteiger partial charge is 0.497 e. The first kappa shape index (κ1) is 21.4. The molecule has 1 fully saturated rings. The Kier molecular flexibility index (Phi) is 6.56. The highest BCUT2D eigenvalue weighted by atomic mass is 32.2. The molecule has 3 heterocycles. The van der Waals surface area contributed by atoms with Crippen LogP contribution in [0.15, 0.2) is 53.9 Å². The molecule has 0 aliphatic carbocycles. The third kappa shape index (κ3) is 4.58. The molecule has 8 heteroatoms. The van der Waals surface area contributed by atoms with Crippen molar-refractivity contribution in [3.63, 3.8) is 0 Å². The first-order valence-electron chi connectivity index (χ1n) is 10.5. The Morgan fingerprint density at radius 3 is 2.39 bits per heavy atom. The number of ether oxygens (including phenoxy) is 1. The number of rotatable bonds is 6. The number of nitrogens with zero attached hydrogens (tertiary/aromatic N) is 5. The van der Waals surface area contributed by atoms with E-state index in [0.717, 1.165) is 29.8 Å². The fourth-order valence-corrected chi connectivity index (χ4v) is 4.95. The van der Waals surface area contributed by atoms with Crippen LogP contribution >= 0.6 is 11.8 Å². The number of amides is 1. The van der Waals surface area contributed by atoms with Gasteiger partial charge in [-0.1, -0.05) is 11.8 Å². The van der Waals surface area contributed by atoms with Gasteiger partial charge in [-0.3, -0.25) is 14.3 Å². The van der Waals surface area contributed by atoms with Gasteiger partial charge in [-0.25, -0.2) is 0 Å². The van der Waals surface area contributed by atoms with E-state index in [-0.39, 0.29) is 18.0 Å². The highest BCUT2D eigenvalue weighted by Crippen LogP contribution is 2.30.